The van der Waals surface area contributed by atoms with Crippen LogP contribution in [0.2, 0.25) is 0 Å². The predicted octanol–water partition coefficient (Wildman–Crippen LogP) is 3.29. The summed E-state index contributed by atoms with van der Waals surface area (Å²) in [5.41, 5.74) is 1.70. The Morgan fingerprint density at radius 2 is 1.81 bits per heavy atom. The summed E-state index contributed by atoms with van der Waals surface area (Å²) in [5.74, 6) is -0.874. The van der Waals surface area contributed by atoms with Crippen molar-refractivity contribution in [2.45, 2.75) is 44.6 Å². The number of benzene rings is 2. The van der Waals surface area contributed by atoms with Gasteiger partial charge in [-0.1, -0.05) is 17.7 Å². The highest BCUT2D eigenvalue weighted by Gasteiger charge is 2.42. The van der Waals surface area contributed by atoms with Crippen LogP contribution in [0.1, 0.15) is 29.5 Å². The first-order chi connectivity index (χ1) is 14.6. The van der Waals surface area contributed by atoms with Gasteiger partial charge in [0, 0.05) is 6.54 Å². The van der Waals surface area contributed by atoms with E-state index in [1.54, 1.807) is 26.0 Å². The van der Waals surface area contributed by atoms with Gasteiger partial charge in [0.1, 0.15) is 11.8 Å². The first-order valence-corrected chi connectivity index (χ1v) is 11.1. The fourth-order valence-corrected chi connectivity index (χ4v) is 6.05. The van der Waals surface area contributed by atoms with Gasteiger partial charge >= 0.3 is 11.7 Å². The molecule has 1 saturated heterocycles. The normalized spacial score (nSPS) is 16.8. The van der Waals surface area contributed by atoms with Gasteiger partial charge in [-0.3, -0.25) is 10.1 Å². The molecule has 0 bridgehead atoms. The van der Waals surface area contributed by atoms with E-state index in [4.69, 9.17) is 9.47 Å². The molecule has 1 aliphatic rings. The van der Waals surface area contributed by atoms with Crippen molar-refractivity contribution < 1.29 is 27.6 Å². The van der Waals surface area contributed by atoms with Crippen molar-refractivity contribution in [1.82, 2.24) is 4.31 Å². The molecule has 0 spiro atoms. The maximum Gasteiger partial charge on any atom is 0.330 e. The predicted molar refractivity (Wildman–Crippen MR) is 113 cm³/mol. The van der Waals surface area contributed by atoms with Crippen LogP contribution in [0.5, 0.6) is 11.5 Å². The summed E-state index contributed by atoms with van der Waals surface area (Å²) >= 11 is 0. The van der Waals surface area contributed by atoms with Crippen molar-refractivity contribution in [3.05, 3.63) is 57.1 Å². The lowest BCUT2D eigenvalue weighted by Crippen LogP contribution is -2.42. The van der Waals surface area contributed by atoms with Gasteiger partial charge in [0.05, 0.1) is 23.0 Å². The van der Waals surface area contributed by atoms with Crippen LogP contribution in [0.3, 0.4) is 0 Å². The van der Waals surface area contributed by atoms with Crippen LogP contribution >= 0.6 is 0 Å². The minimum Gasteiger partial charge on any atom is -0.496 e. The molecule has 9 nitrogen and oxygen atoms in total. The summed E-state index contributed by atoms with van der Waals surface area (Å²) < 4.78 is 38.2. The highest BCUT2D eigenvalue weighted by molar-refractivity contribution is 7.89. The lowest BCUT2D eigenvalue weighted by Gasteiger charge is -2.24. The van der Waals surface area contributed by atoms with Crippen molar-refractivity contribution in [1.29, 1.82) is 0 Å². The fraction of sp³-hybridized carbons (Fsp3) is 0.381. The number of aryl methyl sites for hydroxylation is 3. The number of sulfonamides is 1. The van der Waals surface area contributed by atoms with Crippen LogP contribution in [0, 0.1) is 30.9 Å². The molecule has 0 saturated carbocycles. The Morgan fingerprint density at radius 3 is 2.39 bits per heavy atom. The summed E-state index contributed by atoms with van der Waals surface area (Å²) in [6.07, 6.45) is 0.750. The molecule has 0 radical (unpaired) electrons. The molecule has 2 aromatic rings. The number of carbonyl (C=O) groups is 1. The Bertz CT molecular complexity index is 1120. The topological polar surface area (TPSA) is 116 Å². The molecule has 0 amide bonds. The molecule has 1 atom stereocenters. The smallest absolute Gasteiger partial charge is 0.330 e. The fourth-order valence-electron chi connectivity index (χ4n) is 3.98. The highest BCUT2D eigenvalue weighted by Crippen LogP contribution is 2.34. The van der Waals surface area contributed by atoms with Gasteiger partial charge in [-0.05, 0) is 56.9 Å². The third kappa shape index (κ3) is 4.40. The Kier molecular flexibility index (Phi) is 6.33. The molecular formula is C21H24N2O7S. The Labute approximate surface area is 180 Å². The summed E-state index contributed by atoms with van der Waals surface area (Å²) in [6.45, 7) is 5.49. The second-order valence-electron chi connectivity index (χ2n) is 7.51. The van der Waals surface area contributed by atoms with Crippen LogP contribution in [0.25, 0.3) is 0 Å². The molecular weight excluding hydrogens is 424 g/mol. The standard InChI is InChI=1S/C21H24N2O7S/c1-13-10-14(2)20(15(3)11-13)31(27,28)22-9-5-6-17(22)21(24)30-19-8-7-16(29-4)12-18(19)23(25)26/h7-8,10-12,17H,5-6,9H2,1-4H3. The summed E-state index contributed by atoms with van der Waals surface area (Å²) in [6, 6.07) is 6.33. The van der Waals surface area contributed by atoms with E-state index < -0.39 is 32.6 Å². The Balaban J connectivity index is 1.92. The van der Waals surface area contributed by atoms with Crippen LogP contribution in [-0.4, -0.2) is 43.3 Å². The van der Waals surface area contributed by atoms with Crippen LogP contribution in [0.4, 0.5) is 5.69 Å². The SMILES string of the molecule is COc1ccc(OC(=O)C2CCCN2S(=O)(=O)c2c(C)cc(C)cc2C)c([N+](=O)[O-])c1. The second kappa shape index (κ2) is 8.64. The number of nitrogens with zero attached hydrogens (tertiary/aromatic N) is 2. The van der Waals surface area contributed by atoms with E-state index in [0.29, 0.717) is 17.5 Å². The molecule has 1 unspecified atom stereocenters. The molecule has 1 aliphatic heterocycles. The number of hydrogen-bond donors (Lipinski definition) is 0. The number of carbonyl (C=O) groups excluding carboxylic acids is 1. The molecule has 31 heavy (non-hydrogen) atoms. The van der Waals surface area contributed by atoms with Gasteiger partial charge in [-0.15, -0.1) is 0 Å². The van der Waals surface area contributed by atoms with Gasteiger partial charge in [0.25, 0.3) is 0 Å². The Morgan fingerprint density at radius 1 is 1.16 bits per heavy atom. The molecule has 0 N–H and O–H groups in total. The van der Waals surface area contributed by atoms with E-state index in [1.807, 2.05) is 6.92 Å². The number of esters is 1. The zero-order chi connectivity index (χ0) is 22.9. The highest BCUT2D eigenvalue weighted by atomic mass is 32.2. The van der Waals surface area contributed by atoms with E-state index in [-0.39, 0.29) is 29.4 Å². The zero-order valence-corrected chi connectivity index (χ0v) is 18.6. The quantitative estimate of drug-likeness (QED) is 0.288. The minimum atomic E-state index is -3.96. The van der Waals surface area contributed by atoms with Crippen LogP contribution < -0.4 is 9.47 Å². The molecule has 0 aliphatic carbocycles. The number of ether oxygens (including phenoxy) is 2. The number of hydrogen-bond acceptors (Lipinski definition) is 7. The molecule has 166 valence electrons. The van der Waals surface area contributed by atoms with E-state index in [1.165, 1.54) is 19.2 Å². The largest absolute Gasteiger partial charge is 0.496 e. The molecule has 0 aromatic heterocycles. The van der Waals surface area contributed by atoms with Crippen LogP contribution in [0.15, 0.2) is 35.2 Å². The molecule has 3 rings (SSSR count). The van der Waals surface area contributed by atoms with E-state index >= 15 is 0 Å². The van der Waals surface area contributed by atoms with E-state index in [2.05, 4.69) is 0 Å². The maximum absolute atomic E-state index is 13.4. The third-order valence-electron chi connectivity index (χ3n) is 5.22. The molecule has 2 aromatic carbocycles. The van der Waals surface area contributed by atoms with Crippen molar-refractivity contribution in [2.24, 2.45) is 0 Å². The molecule has 10 heteroatoms. The van der Waals surface area contributed by atoms with Crippen LogP contribution in [-0.2, 0) is 14.8 Å². The van der Waals surface area contributed by atoms with E-state index in [0.717, 1.165) is 15.9 Å². The molecule has 1 fully saturated rings. The minimum absolute atomic E-state index is 0.166. The van der Waals surface area contributed by atoms with Crippen molar-refractivity contribution >= 4 is 21.7 Å². The monoisotopic (exact) mass is 448 g/mol. The number of nitro benzene ring substituents is 1. The van der Waals surface area contributed by atoms with Gasteiger partial charge in [-0.25, -0.2) is 13.2 Å². The van der Waals surface area contributed by atoms with Crippen molar-refractivity contribution in [2.75, 3.05) is 13.7 Å². The molecule has 1 heterocycles. The van der Waals surface area contributed by atoms with Crippen molar-refractivity contribution in [3.63, 3.8) is 0 Å². The average Bonchev–Trinajstić information content (AvgIpc) is 3.18. The zero-order valence-electron chi connectivity index (χ0n) is 17.7. The lowest BCUT2D eigenvalue weighted by molar-refractivity contribution is -0.385. The first-order valence-electron chi connectivity index (χ1n) is 9.70. The van der Waals surface area contributed by atoms with Gasteiger partial charge in [-0.2, -0.15) is 4.31 Å². The van der Waals surface area contributed by atoms with Gasteiger partial charge < -0.3 is 9.47 Å². The first kappa shape index (κ1) is 22.7. The van der Waals surface area contributed by atoms with Gasteiger partial charge in [0.2, 0.25) is 15.8 Å². The van der Waals surface area contributed by atoms with E-state index in [9.17, 15) is 23.3 Å². The second-order valence-corrected chi connectivity index (χ2v) is 9.34. The number of rotatable bonds is 6. The van der Waals surface area contributed by atoms with Crippen molar-refractivity contribution in [3.8, 4) is 11.5 Å². The maximum atomic E-state index is 13.4. The number of nitro groups is 1. The Hall–Kier alpha value is -2.98. The summed E-state index contributed by atoms with van der Waals surface area (Å²) in [4.78, 5) is 23.7. The van der Waals surface area contributed by atoms with Gasteiger partial charge in [0.15, 0.2) is 0 Å². The third-order valence-corrected chi connectivity index (χ3v) is 7.43. The average molecular weight is 448 g/mol. The lowest BCUT2D eigenvalue weighted by atomic mass is 10.1. The summed E-state index contributed by atoms with van der Waals surface area (Å²) in [7, 11) is -2.60. The summed E-state index contributed by atoms with van der Waals surface area (Å²) in [5, 5.41) is 11.4. The number of methoxy groups -OCH3 is 1.